The molecule has 0 aliphatic carbocycles. The van der Waals surface area contributed by atoms with Gasteiger partial charge in [-0.25, -0.2) is 0 Å². The third-order valence-corrected chi connectivity index (χ3v) is 1.12. The van der Waals surface area contributed by atoms with E-state index in [0.29, 0.717) is 18.8 Å². The quantitative estimate of drug-likeness (QED) is 0.404. The third kappa shape index (κ3) is 5.23. The maximum absolute atomic E-state index is 10.2. The number of nitrogens with two attached hydrogens (primary N) is 2. The molecule has 5 heteroatoms. The molecule has 0 aliphatic heterocycles. The van der Waals surface area contributed by atoms with E-state index in [-0.39, 0.29) is 0 Å². The van der Waals surface area contributed by atoms with Gasteiger partial charge < -0.3 is 21.9 Å². The zero-order chi connectivity index (χ0) is 8.85. The Labute approximate surface area is 65.1 Å². The van der Waals surface area contributed by atoms with E-state index in [1.807, 2.05) is 0 Å². The number of rotatable bonds is 5. The molecule has 0 rings (SSSR count). The van der Waals surface area contributed by atoms with Crippen LogP contribution in [-0.4, -0.2) is 23.7 Å². The van der Waals surface area contributed by atoms with E-state index in [0.717, 1.165) is 0 Å². The van der Waals surface area contributed by atoms with Gasteiger partial charge in [-0.2, -0.15) is 0 Å². The molecule has 0 spiro atoms. The zero-order valence-corrected chi connectivity index (χ0v) is 6.21. The van der Waals surface area contributed by atoms with Gasteiger partial charge in [0.2, 0.25) is 0 Å². The minimum Gasteiger partial charge on any atom is -0.480 e. The van der Waals surface area contributed by atoms with Gasteiger partial charge in [-0.15, -0.1) is 0 Å². The molecule has 0 fully saturated rings. The summed E-state index contributed by atoms with van der Waals surface area (Å²) in [6, 6.07) is -0.832. The van der Waals surface area contributed by atoms with Gasteiger partial charge in [-0.1, -0.05) is 6.58 Å². The van der Waals surface area contributed by atoms with Crippen LogP contribution in [-0.2, 0) is 4.79 Å². The average molecular weight is 159 g/mol. The summed E-state index contributed by atoms with van der Waals surface area (Å²) in [4.78, 5) is 10.2. The van der Waals surface area contributed by atoms with Gasteiger partial charge in [0.25, 0.3) is 0 Å². The second kappa shape index (κ2) is 4.56. The Bertz CT molecular complexity index is 158. The zero-order valence-electron chi connectivity index (χ0n) is 6.21. The van der Waals surface area contributed by atoms with Crippen molar-refractivity contribution in [2.24, 2.45) is 11.5 Å². The highest BCUT2D eigenvalue weighted by molar-refractivity contribution is 5.72. The van der Waals surface area contributed by atoms with Crippen LogP contribution in [0.2, 0.25) is 0 Å². The van der Waals surface area contributed by atoms with Crippen LogP contribution in [0.4, 0.5) is 0 Å². The highest BCUT2D eigenvalue weighted by Crippen LogP contribution is 1.85. The van der Waals surface area contributed by atoms with Crippen molar-refractivity contribution in [3.63, 3.8) is 0 Å². The molecule has 0 aromatic carbocycles. The first kappa shape index (κ1) is 9.77. The van der Waals surface area contributed by atoms with Gasteiger partial charge in [0.15, 0.2) is 0 Å². The van der Waals surface area contributed by atoms with E-state index in [1.165, 1.54) is 0 Å². The Morgan fingerprint density at radius 3 is 2.64 bits per heavy atom. The van der Waals surface area contributed by atoms with Crippen molar-refractivity contribution in [3.8, 4) is 0 Å². The maximum Gasteiger partial charge on any atom is 0.320 e. The Morgan fingerprint density at radius 2 is 2.27 bits per heavy atom. The molecular formula is C6H13N3O2. The van der Waals surface area contributed by atoms with E-state index in [9.17, 15) is 4.79 Å². The Hall–Kier alpha value is -1.23. The molecule has 0 aliphatic rings. The topological polar surface area (TPSA) is 101 Å². The van der Waals surface area contributed by atoms with Crippen LogP contribution < -0.4 is 16.8 Å². The molecule has 0 bridgehead atoms. The van der Waals surface area contributed by atoms with Crippen LogP contribution in [0.25, 0.3) is 0 Å². The largest absolute Gasteiger partial charge is 0.480 e. The summed E-state index contributed by atoms with van der Waals surface area (Å²) in [6.45, 7) is 3.81. The minimum absolute atomic E-state index is 0.322. The van der Waals surface area contributed by atoms with Gasteiger partial charge in [-0.3, -0.25) is 4.79 Å². The number of carboxylic acid groups (broad SMARTS) is 1. The second-order valence-corrected chi connectivity index (χ2v) is 2.19. The molecule has 64 valence electrons. The SMILES string of the molecule is C=C(N)NCCC(N)C(=O)O. The molecule has 1 atom stereocenters. The highest BCUT2D eigenvalue weighted by atomic mass is 16.4. The first-order valence-electron chi connectivity index (χ1n) is 3.20. The van der Waals surface area contributed by atoms with Crippen molar-refractivity contribution in [2.45, 2.75) is 12.5 Å². The molecular weight excluding hydrogens is 146 g/mol. The third-order valence-electron chi connectivity index (χ3n) is 1.12. The summed E-state index contributed by atoms with van der Waals surface area (Å²) in [7, 11) is 0. The summed E-state index contributed by atoms with van der Waals surface area (Å²) in [5.74, 6) is -0.683. The van der Waals surface area contributed by atoms with Crippen molar-refractivity contribution >= 4 is 5.97 Å². The molecule has 0 saturated heterocycles. The first-order valence-corrected chi connectivity index (χ1v) is 3.20. The number of nitrogens with one attached hydrogen (secondary N) is 1. The van der Waals surface area contributed by atoms with E-state index in [4.69, 9.17) is 16.6 Å². The monoisotopic (exact) mass is 159 g/mol. The first-order chi connectivity index (χ1) is 5.04. The Kier molecular flexibility index (Phi) is 4.05. The number of hydrogen-bond donors (Lipinski definition) is 4. The highest BCUT2D eigenvalue weighted by Gasteiger charge is 2.09. The molecule has 0 heterocycles. The molecule has 0 radical (unpaired) electrons. The van der Waals surface area contributed by atoms with Gasteiger partial charge >= 0.3 is 5.97 Å². The lowest BCUT2D eigenvalue weighted by Crippen LogP contribution is -2.34. The molecule has 0 amide bonds. The Morgan fingerprint density at radius 1 is 1.73 bits per heavy atom. The summed E-state index contributed by atoms with van der Waals surface area (Å²) in [6.07, 6.45) is 0.339. The van der Waals surface area contributed by atoms with Crippen LogP contribution in [0, 0.1) is 0 Å². The standard InChI is InChI=1S/C6H13N3O2/c1-4(7)9-3-2-5(8)6(10)11/h5,9H,1-3,7-8H2,(H,10,11). The summed E-state index contributed by atoms with van der Waals surface area (Å²) < 4.78 is 0. The van der Waals surface area contributed by atoms with E-state index < -0.39 is 12.0 Å². The van der Waals surface area contributed by atoms with Gasteiger partial charge in [0.1, 0.15) is 6.04 Å². The fourth-order valence-electron chi connectivity index (χ4n) is 0.512. The number of carbonyl (C=O) groups is 1. The Balaban J connectivity index is 3.39. The summed E-state index contributed by atoms with van der Waals surface area (Å²) >= 11 is 0. The van der Waals surface area contributed by atoms with Gasteiger partial charge in [0.05, 0.1) is 5.82 Å². The van der Waals surface area contributed by atoms with Crippen LogP contribution in [0.3, 0.4) is 0 Å². The fraction of sp³-hybridized carbons (Fsp3) is 0.500. The fourth-order valence-corrected chi connectivity index (χ4v) is 0.512. The minimum atomic E-state index is -1.01. The number of aliphatic carboxylic acids is 1. The van der Waals surface area contributed by atoms with Crippen LogP contribution in [0.1, 0.15) is 6.42 Å². The molecule has 11 heavy (non-hydrogen) atoms. The number of hydrogen-bond acceptors (Lipinski definition) is 4. The molecule has 0 aromatic heterocycles. The van der Waals surface area contributed by atoms with Crippen molar-refractivity contribution in [3.05, 3.63) is 12.4 Å². The lowest BCUT2D eigenvalue weighted by molar-refractivity contribution is -0.138. The van der Waals surface area contributed by atoms with Crippen molar-refractivity contribution in [2.75, 3.05) is 6.54 Å². The molecule has 0 saturated carbocycles. The summed E-state index contributed by atoms with van der Waals surface area (Å²) in [5.41, 5.74) is 10.4. The van der Waals surface area contributed by atoms with Crippen LogP contribution in [0.15, 0.2) is 12.4 Å². The average Bonchev–Trinajstić information content (AvgIpc) is 1.86. The molecule has 1 unspecified atom stereocenters. The molecule has 0 aromatic rings. The second-order valence-electron chi connectivity index (χ2n) is 2.19. The normalized spacial score (nSPS) is 12.1. The van der Waals surface area contributed by atoms with E-state index in [2.05, 4.69) is 11.9 Å². The predicted molar refractivity (Wildman–Crippen MR) is 41.6 cm³/mol. The molecule has 5 nitrogen and oxygen atoms in total. The molecule has 6 N–H and O–H groups in total. The lowest BCUT2D eigenvalue weighted by atomic mass is 10.2. The van der Waals surface area contributed by atoms with Crippen LogP contribution >= 0.6 is 0 Å². The van der Waals surface area contributed by atoms with Crippen molar-refractivity contribution in [1.82, 2.24) is 5.32 Å². The van der Waals surface area contributed by atoms with Crippen molar-refractivity contribution in [1.29, 1.82) is 0 Å². The maximum atomic E-state index is 10.2. The van der Waals surface area contributed by atoms with Gasteiger partial charge in [-0.05, 0) is 6.42 Å². The van der Waals surface area contributed by atoms with Crippen LogP contribution in [0.5, 0.6) is 0 Å². The number of carboxylic acids is 1. The smallest absolute Gasteiger partial charge is 0.320 e. The van der Waals surface area contributed by atoms with E-state index in [1.54, 1.807) is 0 Å². The predicted octanol–water partition coefficient (Wildman–Crippen LogP) is -1.19. The van der Waals surface area contributed by atoms with Crippen molar-refractivity contribution < 1.29 is 9.90 Å². The lowest BCUT2D eigenvalue weighted by Gasteiger charge is -2.07. The summed E-state index contributed by atoms with van der Waals surface area (Å²) in [5, 5.41) is 11.0. The van der Waals surface area contributed by atoms with Gasteiger partial charge in [0, 0.05) is 6.54 Å². The van der Waals surface area contributed by atoms with E-state index >= 15 is 0 Å².